The molecule has 3 atom stereocenters. The number of carbonyl (C=O) groups excluding carboxylic acids is 1. The van der Waals surface area contributed by atoms with E-state index in [4.69, 9.17) is 0 Å². The minimum atomic E-state index is -3.00. The number of Topliss-reactive ketones (excluding diaryl/α,β-unsaturated/α-hetero) is 1. The molecule has 3 unspecified atom stereocenters. The highest BCUT2D eigenvalue weighted by atomic mass is 32.2. The number of ketones is 1. The zero-order valence-corrected chi connectivity index (χ0v) is 11.7. The summed E-state index contributed by atoms with van der Waals surface area (Å²) in [6, 6.07) is 0. The van der Waals surface area contributed by atoms with E-state index in [1.54, 1.807) is 0 Å². The molecular formula is C12H23NO3S. The molecule has 1 rings (SSSR count). The Hall–Kier alpha value is -0.420. The first-order valence-corrected chi connectivity index (χ1v) is 8.19. The molecule has 0 aromatic heterocycles. The van der Waals surface area contributed by atoms with Crippen molar-refractivity contribution in [2.45, 2.75) is 37.9 Å². The standard InChI is InChI=1S/C12H23NO3S/c1-9(8-13-2)12(14)10-5-4-6-11(7-10)17(3,15)16/h9-11,13H,4-8H2,1-3H3. The van der Waals surface area contributed by atoms with Crippen molar-refractivity contribution in [2.75, 3.05) is 19.8 Å². The molecule has 0 amide bonds. The molecule has 1 N–H and O–H groups in total. The molecule has 1 fully saturated rings. The number of hydrogen-bond donors (Lipinski definition) is 1. The Labute approximate surface area is 104 Å². The lowest BCUT2D eigenvalue weighted by Gasteiger charge is -2.28. The molecule has 1 aliphatic carbocycles. The van der Waals surface area contributed by atoms with E-state index in [0.717, 1.165) is 12.8 Å². The van der Waals surface area contributed by atoms with Crippen LogP contribution in [0.5, 0.6) is 0 Å². The van der Waals surface area contributed by atoms with Gasteiger partial charge in [-0.1, -0.05) is 13.3 Å². The van der Waals surface area contributed by atoms with Crippen LogP contribution < -0.4 is 5.32 Å². The number of sulfone groups is 1. The third-order valence-corrected chi connectivity index (χ3v) is 5.27. The van der Waals surface area contributed by atoms with Crippen molar-refractivity contribution in [3.05, 3.63) is 0 Å². The molecule has 0 radical (unpaired) electrons. The van der Waals surface area contributed by atoms with Crippen LogP contribution in [0.3, 0.4) is 0 Å². The summed E-state index contributed by atoms with van der Waals surface area (Å²) >= 11 is 0. The van der Waals surface area contributed by atoms with Crippen molar-refractivity contribution < 1.29 is 13.2 Å². The highest BCUT2D eigenvalue weighted by Gasteiger charge is 2.33. The SMILES string of the molecule is CNCC(C)C(=O)C1CCCC(S(C)(=O)=O)C1. The predicted molar refractivity (Wildman–Crippen MR) is 68.7 cm³/mol. The van der Waals surface area contributed by atoms with Crippen LogP contribution in [0, 0.1) is 11.8 Å². The molecule has 17 heavy (non-hydrogen) atoms. The van der Waals surface area contributed by atoms with Gasteiger partial charge in [-0.3, -0.25) is 4.79 Å². The minimum absolute atomic E-state index is 0.0247. The molecule has 0 heterocycles. The molecule has 4 nitrogen and oxygen atoms in total. The number of carbonyl (C=O) groups is 1. The van der Waals surface area contributed by atoms with Crippen molar-refractivity contribution in [1.29, 1.82) is 0 Å². The first kappa shape index (κ1) is 14.6. The van der Waals surface area contributed by atoms with E-state index in [0.29, 0.717) is 19.4 Å². The van der Waals surface area contributed by atoms with E-state index in [-0.39, 0.29) is 22.9 Å². The number of hydrogen-bond acceptors (Lipinski definition) is 4. The van der Waals surface area contributed by atoms with Crippen molar-refractivity contribution in [3.63, 3.8) is 0 Å². The highest BCUT2D eigenvalue weighted by Crippen LogP contribution is 2.30. The van der Waals surface area contributed by atoms with Crippen molar-refractivity contribution in [2.24, 2.45) is 11.8 Å². The lowest BCUT2D eigenvalue weighted by Crippen LogP contribution is -2.35. The molecular weight excluding hydrogens is 238 g/mol. The van der Waals surface area contributed by atoms with Gasteiger partial charge in [0.2, 0.25) is 0 Å². The van der Waals surface area contributed by atoms with Gasteiger partial charge in [0.05, 0.1) is 5.25 Å². The van der Waals surface area contributed by atoms with Crippen LogP contribution in [-0.4, -0.2) is 39.3 Å². The minimum Gasteiger partial charge on any atom is -0.319 e. The smallest absolute Gasteiger partial charge is 0.150 e. The molecule has 1 saturated carbocycles. The summed E-state index contributed by atoms with van der Waals surface area (Å²) in [5.41, 5.74) is 0. The summed E-state index contributed by atoms with van der Waals surface area (Å²) in [7, 11) is -1.17. The Morgan fingerprint density at radius 1 is 1.41 bits per heavy atom. The molecule has 100 valence electrons. The summed E-state index contributed by atoms with van der Waals surface area (Å²) in [6.45, 7) is 2.57. The first-order valence-electron chi connectivity index (χ1n) is 6.23. The van der Waals surface area contributed by atoms with Gasteiger partial charge in [0.1, 0.15) is 15.6 Å². The first-order chi connectivity index (χ1) is 7.86. The molecule has 0 aliphatic heterocycles. The van der Waals surface area contributed by atoms with Gasteiger partial charge in [0.25, 0.3) is 0 Å². The largest absolute Gasteiger partial charge is 0.319 e. The lowest BCUT2D eigenvalue weighted by molar-refractivity contribution is -0.127. The lowest BCUT2D eigenvalue weighted by atomic mass is 9.82. The van der Waals surface area contributed by atoms with E-state index in [2.05, 4.69) is 5.32 Å². The average molecular weight is 261 g/mol. The summed E-state index contributed by atoms with van der Waals surface area (Å²) in [6.07, 6.45) is 4.20. The zero-order valence-electron chi connectivity index (χ0n) is 10.9. The Morgan fingerprint density at radius 2 is 2.06 bits per heavy atom. The van der Waals surface area contributed by atoms with Gasteiger partial charge >= 0.3 is 0 Å². The monoisotopic (exact) mass is 261 g/mol. The fourth-order valence-corrected chi connectivity index (χ4v) is 3.78. The van der Waals surface area contributed by atoms with Gasteiger partial charge < -0.3 is 5.32 Å². The maximum absolute atomic E-state index is 12.1. The van der Waals surface area contributed by atoms with Gasteiger partial charge in [0, 0.05) is 24.6 Å². The van der Waals surface area contributed by atoms with Crippen LogP contribution in [0.2, 0.25) is 0 Å². The Kier molecular flexibility index (Phi) is 5.13. The van der Waals surface area contributed by atoms with E-state index in [1.165, 1.54) is 6.26 Å². The fraction of sp³-hybridized carbons (Fsp3) is 0.917. The van der Waals surface area contributed by atoms with Crippen LogP contribution in [0.15, 0.2) is 0 Å². The normalized spacial score (nSPS) is 27.7. The van der Waals surface area contributed by atoms with Gasteiger partial charge in [-0.25, -0.2) is 8.42 Å². The van der Waals surface area contributed by atoms with E-state index in [9.17, 15) is 13.2 Å². The summed E-state index contributed by atoms with van der Waals surface area (Å²) < 4.78 is 23.1. The van der Waals surface area contributed by atoms with E-state index < -0.39 is 9.84 Å². The van der Waals surface area contributed by atoms with Crippen LogP contribution in [0.25, 0.3) is 0 Å². The van der Waals surface area contributed by atoms with Gasteiger partial charge in [0.15, 0.2) is 0 Å². The summed E-state index contributed by atoms with van der Waals surface area (Å²) in [4.78, 5) is 12.1. The predicted octanol–water partition coefficient (Wildman–Crippen LogP) is 1.01. The fourth-order valence-electron chi connectivity index (χ4n) is 2.60. The van der Waals surface area contributed by atoms with Gasteiger partial charge in [-0.05, 0) is 26.3 Å². The van der Waals surface area contributed by atoms with Crippen molar-refractivity contribution in [3.8, 4) is 0 Å². The molecule has 0 bridgehead atoms. The Morgan fingerprint density at radius 3 is 2.59 bits per heavy atom. The van der Waals surface area contributed by atoms with Gasteiger partial charge in [-0.15, -0.1) is 0 Å². The third kappa shape index (κ3) is 4.07. The maximum Gasteiger partial charge on any atom is 0.150 e. The van der Waals surface area contributed by atoms with Crippen LogP contribution in [0.4, 0.5) is 0 Å². The number of nitrogens with one attached hydrogen (secondary N) is 1. The molecule has 0 saturated heterocycles. The van der Waals surface area contributed by atoms with Gasteiger partial charge in [-0.2, -0.15) is 0 Å². The second kappa shape index (κ2) is 5.96. The average Bonchev–Trinajstić information content (AvgIpc) is 2.27. The molecule has 1 aliphatic rings. The Bertz CT molecular complexity index is 364. The Balaban J connectivity index is 2.64. The summed E-state index contributed by atoms with van der Waals surface area (Å²) in [5, 5.41) is 2.68. The molecule has 0 aromatic rings. The van der Waals surface area contributed by atoms with Crippen molar-refractivity contribution >= 4 is 15.6 Å². The number of rotatable bonds is 5. The second-order valence-electron chi connectivity index (χ2n) is 5.18. The van der Waals surface area contributed by atoms with E-state index in [1.807, 2.05) is 14.0 Å². The molecule has 0 aromatic carbocycles. The van der Waals surface area contributed by atoms with Crippen molar-refractivity contribution in [1.82, 2.24) is 5.32 Å². The third-order valence-electron chi connectivity index (χ3n) is 3.63. The van der Waals surface area contributed by atoms with E-state index >= 15 is 0 Å². The van der Waals surface area contributed by atoms with Crippen LogP contribution in [0.1, 0.15) is 32.6 Å². The molecule has 5 heteroatoms. The second-order valence-corrected chi connectivity index (χ2v) is 7.50. The van der Waals surface area contributed by atoms with Crippen LogP contribution in [-0.2, 0) is 14.6 Å². The zero-order chi connectivity index (χ0) is 13.1. The summed E-state index contributed by atoms with van der Waals surface area (Å²) in [5.74, 6) is 0.128. The highest BCUT2D eigenvalue weighted by molar-refractivity contribution is 7.91. The maximum atomic E-state index is 12.1. The topological polar surface area (TPSA) is 63.2 Å². The van der Waals surface area contributed by atoms with Crippen LogP contribution >= 0.6 is 0 Å². The quantitative estimate of drug-likeness (QED) is 0.802. The molecule has 0 spiro atoms.